The van der Waals surface area contributed by atoms with E-state index in [0.717, 1.165) is 10.4 Å². The highest BCUT2D eigenvalue weighted by molar-refractivity contribution is 7.19. The van der Waals surface area contributed by atoms with E-state index in [1.165, 1.54) is 17.6 Å². The average Bonchev–Trinajstić information content (AvgIpc) is 3.34. The predicted molar refractivity (Wildman–Crippen MR) is 126 cm³/mol. The highest BCUT2D eigenvalue weighted by Crippen LogP contribution is 2.37. The number of carbonyl (C=O) groups is 2. The zero-order valence-electron chi connectivity index (χ0n) is 19.4. The van der Waals surface area contributed by atoms with Gasteiger partial charge >= 0.3 is 12.2 Å². The van der Waals surface area contributed by atoms with E-state index < -0.39 is 17.8 Å². The van der Waals surface area contributed by atoms with E-state index >= 15 is 0 Å². The molecule has 0 fully saturated rings. The Hall–Kier alpha value is -2.85. The van der Waals surface area contributed by atoms with Crippen LogP contribution in [0.1, 0.15) is 43.9 Å². The maximum absolute atomic E-state index is 12.4. The third-order valence-corrected chi connectivity index (χ3v) is 6.27. The maximum Gasteiger partial charge on any atom is 0.414 e. The number of fused-ring (bicyclic) bond motifs is 1. The molecular formula is C22H27ClN4O5S. The van der Waals surface area contributed by atoms with E-state index in [-0.39, 0.29) is 23.8 Å². The maximum atomic E-state index is 12.4. The molecule has 1 unspecified atom stereocenters. The van der Waals surface area contributed by atoms with Crippen LogP contribution in [0.2, 0.25) is 5.28 Å². The van der Waals surface area contributed by atoms with Gasteiger partial charge in [0, 0.05) is 24.4 Å². The fourth-order valence-electron chi connectivity index (χ4n) is 2.96. The summed E-state index contributed by atoms with van der Waals surface area (Å²) in [6.45, 7) is 9.51. The van der Waals surface area contributed by atoms with E-state index in [9.17, 15) is 9.59 Å². The third-order valence-electron chi connectivity index (χ3n) is 4.81. The van der Waals surface area contributed by atoms with Gasteiger partial charge in [-0.15, -0.1) is 11.3 Å². The molecule has 0 radical (unpaired) electrons. The van der Waals surface area contributed by atoms with Gasteiger partial charge in [0.05, 0.1) is 18.3 Å². The van der Waals surface area contributed by atoms with Gasteiger partial charge in [-0.25, -0.2) is 14.6 Å². The van der Waals surface area contributed by atoms with Gasteiger partial charge in [-0.05, 0) is 63.9 Å². The largest absolute Gasteiger partial charge is 0.467 e. The Morgan fingerprint density at radius 1 is 1.33 bits per heavy atom. The van der Waals surface area contributed by atoms with Crippen molar-refractivity contribution >= 4 is 45.3 Å². The second kappa shape index (κ2) is 9.96. The number of likely N-dealkylation sites (N-methyl/N-ethyl adjacent to an activating group) is 1. The molecule has 0 saturated carbocycles. The van der Waals surface area contributed by atoms with Gasteiger partial charge in [0.25, 0.3) is 0 Å². The topological polar surface area (TPSA) is 107 Å². The number of ether oxygens (including phenoxy) is 2. The normalized spacial score (nSPS) is 12.5. The molecule has 2 amide bonds. The van der Waals surface area contributed by atoms with Crippen LogP contribution in [0.25, 0.3) is 10.2 Å². The first-order chi connectivity index (χ1) is 15.4. The molecule has 3 aromatic rings. The Morgan fingerprint density at radius 2 is 2.06 bits per heavy atom. The quantitative estimate of drug-likeness (QED) is 0.461. The lowest BCUT2D eigenvalue weighted by atomic mass is 10.1. The van der Waals surface area contributed by atoms with Gasteiger partial charge in [0.15, 0.2) is 0 Å². The third kappa shape index (κ3) is 6.35. The fourth-order valence-corrected chi connectivity index (χ4v) is 4.41. The van der Waals surface area contributed by atoms with Gasteiger partial charge in [-0.2, -0.15) is 4.98 Å². The summed E-state index contributed by atoms with van der Waals surface area (Å²) in [6, 6.07) is 3.33. The molecular weight excluding hydrogens is 468 g/mol. The number of amides is 2. The summed E-state index contributed by atoms with van der Waals surface area (Å²) in [4.78, 5) is 35.6. The molecule has 9 nitrogen and oxygen atoms in total. The number of furan rings is 1. The highest BCUT2D eigenvalue weighted by atomic mass is 35.5. The van der Waals surface area contributed by atoms with Crippen molar-refractivity contribution in [3.63, 3.8) is 0 Å². The van der Waals surface area contributed by atoms with Crippen LogP contribution in [0.15, 0.2) is 22.8 Å². The predicted octanol–water partition coefficient (Wildman–Crippen LogP) is 5.33. The average molecular weight is 495 g/mol. The second-order valence-corrected chi connectivity index (χ2v) is 10.0. The Bertz CT molecular complexity index is 1140. The van der Waals surface area contributed by atoms with Crippen LogP contribution in [0.4, 0.5) is 9.59 Å². The minimum absolute atomic E-state index is 0.0253. The lowest BCUT2D eigenvalue weighted by Crippen LogP contribution is -2.40. The van der Waals surface area contributed by atoms with Crippen LogP contribution >= 0.6 is 22.9 Å². The molecule has 0 saturated heterocycles. The van der Waals surface area contributed by atoms with Gasteiger partial charge in [0.1, 0.15) is 16.1 Å². The van der Waals surface area contributed by atoms with Crippen LogP contribution in [0.3, 0.4) is 0 Å². The van der Waals surface area contributed by atoms with Crippen LogP contribution in [0, 0.1) is 6.92 Å². The minimum atomic E-state index is -0.687. The smallest absolute Gasteiger partial charge is 0.414 e. The number of hydrogen-bond donors (Lipinski definition) is 1. The number of carbonyl (C=O) groups excluding carboxylic acids is 2. The van der Waals surface area contributed by atoms with Gasteiger partial charge in [-0.1, -0.05) is 0 Å². The van der Waals surface area contributed by atoms with Crippen LogP contribution in [0.5, 0.6) is 5.88 Å². The van der Waals surface area contributed by atoms with Crippen molar-refractivity contribution in [3.8, 4) is 5.88 Å². The zero-order valence-corrected chi connectivity index (χ0v) is 21.0. The molecule has 0 aromatic carbocycles. The molecule has 3 aromatic heterocycles. The fraction of sp³-hybridized carbons (Fsp3) is 0.455. The van der Waals surface area contributed by atoms with Gasteiger partial charge in [0.2, 0.25) is 11.2 Å². The van der Waals surface area contributed by atoms with Crippen molar-refractivity contribution in [2.75, 3.05) is 7.05 Å². The molecule has 33 heavy (non-hydrogen) atoms. The van der Waals surface area contributed by atoms with Gasteiger partial charge < -0.3 is 24.1 Å². The van der Waals surface area contributed by atoms with Crippen molar-refractivity contribution in [2.45, 2.75) is 59.2 Å². The number of nitrogens with one attached hydrogen (secondary N) is 1. The van der Waals surface area contributed by atoms with E-state index in [1.54, 1.807) is 24.1 Å². The van der Waals surface area contributed by atoms with Crippen LogP contribution in [-0.2, 0) is 17.7 Å². The molecule has 3 rings (SSSR count). The lowest BCUT2D eigenvalue weighted by molar-refractivity contribution is 0.0236. The molecule has 1 N–H and O–H groups in total. The first-order valence-corrected chi connectivity index (χ1v) is 11.5. The Labute approximate surface area is 201 Å². The van der Waals surface area contributed by atoms with Crippen LogP contribution in [-0.4, -0.2) is 45.7 Å². The van der Waals surface area contributed by atoms with Crippen molar-refractivity contribution in [3.05, 3.63) is 39.9 Å². The number of rotatable bonds is 6. The summed E-state index contributed by atoms with van der Waals surface area (Å²) in [6.07, 6.45) is 0.999. The van der Waals surface area contributed by atoms with Crippen molar-refractivity contribution in [1.29, 1.82) is 0 Å². The molecule has 0 aliphatic carbocycles. The zero-order chi connectivity index (χ0) is 24.3. The van der Waals surface area contributed by atoms with Crippen LogP contribution < -0.4 is 10.1 Å². The summed E-state index contributed by atoms with van der Waals surface area (Å²) in [7, 11) is 1.70. The van der Waals surface area contributed by atoms with E-state index in [4.69, 9.17) is 25.5 Å². The molecule has 178 valence electrons. The number of thiophene rings is 1. The molecule has 0 bridgehead atoms. The van der Waals surface area contributed by atoms with E-state index in [2.05, 4.69) is 15.3 Å². The highest BCUT2D eigenvalue weighted by Gasteiger charge is 2.25. The Balaban J connectivity index is 1.77. The molecule has 1 atom stereocenters. The summed E-state index contributed by atoms with van der Waals surface area (Å²) in [5.41, 5.74) is 0.926. The molecule has 3 heterocycles. The number of hydrogen-bond acceptors (Lipinski definition) is 8. The molecule has 0 aliphatic rings. The van der Waals surface area contributed by atoms with E-state index in [1.807, 2.05) is 34.6 Å². The van der Waals surface area contributed by atoms with E-state index in [0.29, 0.717) is 22.4 Å². The van der Waals surface area contributed by atoms with Crippen molar-refractivity contribution < 1.29 is 23.5 Å². The van der Waals surface area contributed by atoms with Gasteiger partial charge in [-0.3, -0.25) is 0 Å². The summed E-state index contributed by atoms with van der Waals surface area (Å²) in [5.74, 6) is 0.671. The monoisotopic (exact) mass is 494 g/mol. The molecule has 0 spiro atoms. The number of halogens is 1. The molecule has 11 heteroatoms. The second-order valence-electron chi connectivity index (χ2n) is 8.59. The minimum Gasteiger partial charge on any atom is -0.467 e. The summed E-state index contributed by atoms with van der Waals surface area (Å²) in [5, 5.41) is 2.58. The SMILES string of the molecule is Cc1c(CC(C)N(C)C(=O)OC(C)(C)C)sc2c(OC(=O)NCc3ccco3)nc(Cl)nc12. The first-order valence-electron chi connectivity index (χ1n) is 10.3. The number of aromatic nitrogens is 2. The standard InChI is InChI=1S/C22H27ClN4O5S/c1-12(27(6)21(29)32-22(3,4)5)10-15-13(2)16-17(33-15)18(26-19(23)25-16)31-20(28)24-11-14-8-7-9-30-14/h7-9,12H,10-11H2,1-6H3,(H,24,28). The summed E-state index contributed by atoms with van der Waals surface area (Å²) < 4.78 is 16.7. The Kier molecular flexibility index (Phi) is 7.48. The number of aryl methyl sites for hydroxylation is 1. The lowest BCUT2D eigenvalue weighted by Gasteiger charge is -2.28. The number of nitrogens with zero attached hydrogens (tertiary/aromatic N) is 3. The van der Waals surface area contributed by atoms with Crippen molar-refractivity contribution in [1.82, 2.24) is 20.2 Å². The first kappa shape index (κ1) is 24.8. The summed E-state index contributed by atoms with van der Waals surface area (Å²) >= 11 is 7.49. The van der Waals surface area contributed by atoms with Crippen molar-refractivity contribution in [2.24, 2.45) is 0 Å². The Morgan fingerprint density at radius 3 is 2.70 bits per heavy atom. The molecule has 0 aliphatic heterocycles.